The van der Waals surface area contributed by atoms with Crippen LogP contribution in [0.3, 0.4) is 0 Å². The fourth-order valence-corrected chi connectivity index (χ4v) is 8.34. The van der Waals surface area contributed by atoms with Gasteiger partial charge in [-0.3, -0.25) is 33.8 Å². The minimum absolute atomic E-state index is 0.00425. The zero-order valence-electron chi connectivity index (χ0n) is 31.5. The summed E-state index contributed by atoms with van der Waals surface area (Å²) in [5.41, 5.74) is -0.515. The topological polar surface area (TPSA) is 180 Å². The Morgan fingerprint density at radius 1 is 1.00 bits per heavy atom. The van der Waals surface area contributed by atoms with Crippen LogP contribution in [0.4, 0.5) is 0 Å². The van der Waals surface area contributed by atoms with Gasteiger partial charge < -0.3 is 26.2 Å². The Bertz CT molecular complexity index is 1510. The second-order valence-corrected chi connectivity index (χ2v) is 15.4. The van der Waals surface area contributed by atoms with Gasteiger partial charge in [-0.25, -0.2) is 4.98 Å². The number of hydrogen-bond acceptors (Lipinski definition) is 8. The van der Waals surface area contributed by atoms with E-state index in [4.69, 9.17) is 6.42 Å². The zero-order valence-corrected chi connectivity index (χ0v) is 31.5. The lowest BCUT2D eigenvalue weighted by Gasteiger charge is -2.43. The van der Waals surface area contributed by atoms with Gasteiger partial charge in [0, 0.05) is 31.9 Å². The van der Waals surface area contributed by atoms with Crippen molar-refractivity contribution in [2.24, 2.45) is 23.2 Å². The van der Waals surface area contributed by atoms with E-state index in [2.05, 4.69) is 43.7 Å². The predicted molar refractivity (Wildman–Crippen MR) is 200 cm³/mol. The summed E-state index contributed by atoms with van der Waals surface area (Å²) in [7, 11) is 0. The van der Waals surface area contributed by atoms with Crippen LogP contribution in [-0.2, 0) is 24.0 Å². The lowest BCUT2D eigenvalue weighted by Crippen LogP contribution is -2.63. The van der Waals surface area contributed by atoms with Crippen LogP contribution in [0.15, 0.2) is 31.2 Å². The van der Waals surface area contributed by atoms with E-state index < -0.39 is 59.0 Å². The molecule has 0 radical (unpaired) electrons. The van der Waals surface area contributed by atoms with Gasteiger partial charge in [-0.05, 0) is 61.7 Å². The first-order valence-corrected chi connectivity index (χ1v) is 19.3. The van der Waals surface area contributed by atoms with Crippen LogP contribution in [0.1, 0.15) is 115 Å². The predicted octanol–water partition coefficient (Wildman–Crippen LogP) is 3.25. The van der Waals surface area contributed by atoms with Crippen molar-refractivity contribution < 1.29 is 28.8 Å². The van der Waals surface area contributed by atoms with Crippen LogP contribution in [-0.4, -0.2) is 87.4 Å². The second-order valence-electron chi connectivity index (χ2n) is 15.4. The number of carbonyl (C=O) groups excluding carboxylic acids is 6. The Morgan fingerprint density at radius 3 is 2.32 bits per heavy atom. The van der Waals surface area contributed by atoms with Gasteiger partial charge in [0.1, 0.15) is 23.8 Å². The lowest BCUT2D eigenvalue weighted by molar-refractivity contribution is -0.147. The molecule has 1 aromatic rings. The van der Waals surface area contributed by atoms with E-state index in [1.807, 2.05) is 20.8 Å². The van der Waals surface area contributed by atoms with Crippen LogP contribution >= 0.6 is 0 Å². The molecule has 13 nitrogen and oxygen atoms in total. The van der Waals surface area contributed by atoms with Gasteiger partial charge in [-0.2, -0.15) is 0 Å². The largest absolute Gasteiger partial charge is 0.346 e. The van der Waals surface area contributed by atoms with Gasteiger partial charge in [0.2, 0.25) is 23.5 Å². The quantitative estimate of drug-likeness (QED) is 0.114. The maximum Gasteiger partial charge on any atom is 0.289 e. The Kier molecular flexibility index (Phi) is 15.1. The maximum atomic E-state index is 15.0. The molecule has 2 aliphatic carbocycles. The standard InChI is InChI=1S/C40H57N7O6/c1-6-8-17-29(33(48)38(52)43-21-7-2)44-37(51)32-28(26(3)4)18-24-47(32)39(53)34(40(5)19-13-10-14-20-40)46-36(50)31(27-15-11-9-12-16-27)45-35(49)30-25-41-22-23-42-30/h1,7,22-23,25-29,31-32,34H,2,8-21,24H2,3-5H3,(H,43,52)(H,44,51)(H,45,49)(H,46,50)/t28-,29?,31+,32+,34-/m1/s1. The van der Waals surface area contributed by atoms with Crippen molar-refractivity contribution in [3.8, 4) is 12.3 Å². The van der Waals surface area contributed by atoms with Crippen LogP contribution in [0, 0.1) is 35.5 Å². The number of amides is 5. The van der Waals surface area contributed by atoms with E-state index in [-0.39, 0.29) is 55.3 Å². The van der Waals surface area contributed by atoms with E-state index in [0.29, 0.717) is 19.3 Å². The summed E-state index contributed by atoms with van der Waals surface area (Å²) in [6, 6.07) is -4.01. The summed E-state index contributed by atoms with van der Waals surface area (Å²) >= 11 is 0. The summed E-state index contributed by atoms with van der Waals surface area (Å²) in [4.78, 5) is 92.5. The number of nitrogens with zero attached hydrogens (tertiary/aromatic N) is 3. The van der Waals surface area contributed by atoms with E-state index in [1.165, 1.54) is 24.7 Å². The monoisotopic (exact) mass is 731 g/mol. The normalized spacial score (nSPS) is 21.7. The van der Waals surface area contributed by atoms with Gasteiger partial charge in [0.15, 0.2) is 0 Å². The number of Topliss-reactive ketones (excluding diaryl/α,β-unsaturated/α-hetero) is 1. The number of nitrogens with one attached hydrogen (secondary N) is 4. The second kappa shape index (κ2) is 19.5. The van der Waals surface area contributed by atoms with Crippen molar-refractivity contribution in [2.75, 3.05) is 13.1 Å². The van der Waals surface area contributed by atoms with Crippen molar-refractivity contribution in [2.45, 2.75) is 128 Å². The van der Waals surface area contributed by atoms with Crippen LogP contribution in [0.2, 0.25) is 0 Å². The number of likely N-dealkylation sites (tertiary alicyclic amines) is 1. The molecule has 5 atom stereocenters. The molecule has 288 valence electrons. The van der Waals surface area contributed by atoms with Gasteiger partial charge in [-0.15, -0.1) is 18.9 Å². The summed E-state index contributed by atoms with van der Waals surface area (Å²) in [6.07, 6.45) is 20.5. The fourth-order valence-electron chi connectivity index (χ4n) is 8.34. The third-order valence-corrected chi connectivity index (χ3v) is 11.4. The molecular formula is C40H57N7O6. The van der Waals surface area contributed by atoms with Crippen molar-refractivity contribution >= 4 is 35.3 Å². The minimum atomic E-state index is -1.19. The average molecular weight is 732 g/mol. The smallest absolute Gasteiger partial charge is 0.289 e. The summed E-state index contributed by atoms with van der Waals surface area (Å²) in [5, 5.41) is 11.3. The van der Waals surface area contributed by atoms with Crippen molar-refractivity contribution in [1.82, 2.24) is 36.1 Å². The molecule has 5 amide bonds. The van der Waals surface area contributed by atoms with Gasteiger partial charge in [-0.1, -0.05) is 65.4 Å². The number of carbonyl (C=O) groups is 6. The molecule has 0 spiro atoms. The Morgan fingerprint density at radius 2 is 1.70 bits per heavy atom. The third kappa shape index (κ3) is 10.5. The Balaban J connectivity index is 1.65. The number of hydrogen-bond donors (Lipinski definition) is 4. The summed E-state index contributed by atoms with van der Waals surface area (Å²) in [5.74, 6) is -1.46. The van der Waals surface area contributed by atoms with Crippen LogP contribution in [0.25, 0.3) is 0 Å². The van der Waals surface area contributed by atoms with Gasteiger partial charge >= 0.3 is 0 Å². The maximum absolute atomic E-state index is 15.0. The number of rotatable bonds is 16. The molecule has 1 unspecified atom stereocenters. The fraction of sp³-hybridized carbons (Fsp3) is 0.650. The molecule has 0 aromatic carbocycles. The molecule has 4 rings (SSSR count). The molecule has 3 fully saturated rings. The summed E-state index contributed by atoms with van der Waals surface area (Å²) < 4.78 is 0. The number of ketones is 1. The molecule has 53 heavy (non-hydrogen) atoms. The van der Waals surface area contributed by atoms with E-state index in [0.717, 1.165) is 51.4 Å². The molecule has 13 heteroatoms. The summed E-state index contributed by atoms with van der Waals surface area (Å²) in [6.45, 7) is 9.90. The van der Waals surface area contributed by atoms with Gasteiger partial charge in [0.05, 0.1) is 12.2 Å². The van der Waals surface area contributed by atoms with E-state index in [9.17, 15) is 28.8 Å². The molecule has 4 N–H and O–H groups in total. The first-order valence-electron chi connectivity index (χ1n) is 19.3. The van der Waals surface area contributed by atoms with Gasteiger partial charge in [0.25, 0.3) is 11.8 Å². The van der Waals surface area contributed by atoms with Crippen molar-refractivity contribution in [3.05, 3.63) is 36.9 Å². The molecule has 3 aliphatic rings. The molecule has 0 bridgehead atoms. The number of terminal acetylenes is 1. The van der Waals surface area contributed by atoms with Crippen LogP contribution < -0.4 is 21.3 Å². The van der Waals surface area contributed by atoms with Crippen LogP contribution in [0.5, 0.6) is 0 Å². The third-order valence-electron chi connectivity index (χ3n) is 11.4. The van der Waals surface area contributed by atoms with E-state index >= 15 is 0 Å². The van der Waals surface area contributed by atoms with Crippen molar-refractivity contribution in [1.29, 1.82) is 0 Å². The molecule has 1 aromatic heterocycles. The van der Waals surface area contributed by atoms with E-state index in [1.54, 1.807) is 4.90 Å². The Hall–Kier alpha value is -4.60. The highest BCUT2D eigenvalue weighted by Crippen LogP contribution is 2.41. The highest BCUT2D eigenvalue weighted by molar-refractivity contribution is 6.38. The van der Waals surface area contributed by atoms with Crippen molar-refractivity contribution in [3.63, 3.8) is 0 Å². The highest BCUT2D eigenvalue weighted by atomic mass is 16.2. The number of aromatic nitrogens is 2. The average Bonchev–Trinajstić information content (AvgIpc) is 3.63. The minimum Gasteiger partial charge on any atom is -0.346 e. The zero-order chi connectivity index (χ0) is 38.5. The Labute approximate surface area is 313 Å². The molecular weight excluding hydrogens is 674 g/mol. The SMILES string of the molecule is C#CCCC(NC(=O)[C@@H]1[C@@H](C(C)C)CCN1C(=O)[C@@H](NC(=O)[C@@H](NC(=O)c1cnccn1)C1CCCCC1)C1(C)CCCCC1)C(=O)C(=O)NCC=C. The molecule has 2 saturated carbocycles. The first-order chi connectivity index (χ1) is 25.4. The highest BCUT2D eigenvalue weighted by Gasteiger charge is 2.50. The first kappa shape index (κ1) is 41.2. The lowest BCUT2D eigenvalue weighted by atomic mass is 9.69. The molecule has 2 heterocycles. The molecule has 1 aliphatic heterocycles. The molecule has 1 saturated heterocycles.